The molecule has 0 saturated carbocycles. The molecule has 0 saturated heterocycles. The van der Waals surface area contributed by atoms with Gasteiger partial charge in [-0.05, 0) is 19.1 Å². The molecule has 3 heteroatoms. The number of rotatable bonds is 6. The molecule has 1 aromatic carbocycles. The van der Waals surface area contributed by atoms with Crippen LogP contribution < -0.4 is 0 Å². The van der Waals surface area contributed by atoms with Crippen molar-refractivity contribution in [1.82, 2.24) is 0 Å². The fourth-order valence-electron chi connectivity index (χ4n) is 1.51. The van der Waals surface area contributed by atoms with E-state index in [1.165, 1.54) is 12.2 Å². The maximum absolute atomic E-state index is 14.2. The van der Waals surface area contributed by atoms with Crippen LogP contribution in [0.1, 0.15) is 28.8 Å². The Balaban J connectivity index is 2.80. The summed E-state index contributed by atoms with van der Waals surface area (Å²) in [5, 5.41) is 0. The lowest BCUT2D eigenvalue weighted by molar-refractivity contribution is -0.0986. The van der Waals surface area contributed by atoms with Crippen LogP contribution in [-0.2, 0) is 4.74 Å². The monoisotopic (exact) mass is 248 g/mol. The van der Waals surface area contributed by atoms with Gasteiger partial charge in [0.15, 0.2) is 0 Å². The first-order valence-corrected chi connectivity index (χ1v) is 5.71. The molecule has 0 aliphatic carbocycles. The zero-order valence-corrected chi connectivity index (χ0v) is 10.5. The van der Waals surface area contributed by atoms with Crippen molar-refractivity contribution >= 4 is 5.97 Å². The highest BCUT2D eigenvalue weighted by molar-refractivity contribution is 5.89. The predicted octanol–water partition coefficient (Wildman–Crippen LogP) is 3.97. The Labute approximate surface area is 107 Å². The maximum atomic E-state index is 14.2. The summed E-state index contributed by atoms with van der Waals surface area (Å²) in [5.74, 6) is -2.74. The van der Waals surface area contributed by atoms with E-state index in [9.17, 15) is 9.18 Å². The van der Waals surface area contributed by atoms with Crippen molar-refractivity contribution in [2.45, 2.75) is 25.6 Å². The molecule has 0 aliphatic rings. The Bertz CT molecular complexity index is 424. The second-order valence-electron chi connectivity index (χ2n) is 4.12. The molecular weight excluding hydrogens is 231 g/mol. The van der Waals surface area contributed by atoms with Crippen LogP contribution in [0.25, 0.3) is 0 Å². The SMILES string of the molecule is C=CCC(F)(CC=C)OC(=O)c1ccc(C)cc1. The highest BCUT2D eigenvalue weighted by Gasteiger charge is 2.31. The first-order valence-electron chi connectivity index (χ1n) is 5.71. The molecule has 0 aromatic heterocycles. The summed E-state index contributed by atoms with van der Waals surface area (Å²) < 4.78 is 19.1. The van der Waals surface area contributed by atoms with E-state index in [1.54, 1.807) is 24.3 Å². The summed E-state index contributed by atoms with van der Waals surface area (Å²) in [6.07, 6.45) is 2.64. The average Bonchev–Trinajstić information content (AvgIpc) is 2.30. The molecule has 1 aromatic rings. The minimum absolute atomic E-state index is 0.0589. The molecule has 0 bridgehead atoms. The smallest absolute Gasteiger partial charge is 0.340 e. The topological polar surface area (TPSA) is 26.3 Å². The normalized spacial score (nSPS) is 10.8. The lowest BCUT2D eigenvalue weighted by Gasteiger charge is -2.22. The first-order chi connectivity index (χ1) is 8.50. The Hall–Kier alpha value is -1.90. The van der Waals surface area contributed by atoms with Gasteiger partial charge >= 0.3 is 5.97 Å². The standard InChI is InChI=1S/C15H17FO2/c1-4-10-15(16,11-5-2)18-14(17)13-8-6-12(3)7-9-13/h4-9H,1-2,10-11H2,3H3. The van der Waals surface area contributed by atoms with Gasteiger partial charge < -0.3 is 4.74 Å². The molecule has 18 heavy (non-hydrogen) atoms. The van der Waals surface area contributed by atoms with E-state index in [0.717, 1.165) is 5.56 Å². The van der Waals surface area contributed by atoms with Crippen LogP contribution in [0.15, 0.2) is 49.6 Å². The molecule has 0 heterocycles. The molecule has 1 rings (SSSR count). The van der Waals surface area contributed by atoms with Gasteiger partial charge in [0.25, 0.3) is 5.85 Å². The third-order valence-electron chi connectivity index (χ3n) is 2.46. The summed E-state index contributed by atoms with van der Waals surface area (Å²) in [4.78, 5) is 11.8. The van der Waals surface area contributed by atoms with Crippen molar-refractivity contribution in [3.63, 3.8) is 0 Å². The van der Waals surface area contributed by atoms with E-state index in [4.69, 9.17) is 4.74 Å². The van der Waals surface area contributed by atoms with Gasteiger partial charge in [-0.15, -0.1) is 13.2 Å². The van der Waals surface area contributed by atoms with Gasteiger partial charge in [0.05, 0.1) is 5.56 Å². The van der Waals surface area contributed by atoms with Crippen molar-refractivity contribution in [2.75, 3.05) is 0 Å². The number of carbonyl (C=O) groups is 1. The van der Waals surface area contributed by atoms with Crippen molar-refractivity contribution < 1.29 is 13.9 Å². The van der Waals surface area contributed by atoms with Gasteiger partial charge in [-0.2, -0.15) is 4.39 Å². The van der Waals surface area contributed by atoms with Crippen LogP contribution in [0.5, 0.6) is 0 Å². The molecule has 0 amide bonds. The zero-order valence-electron chi connectivity index (χ0n) is 10.5. The summed E-state index contributed by atoms with van der Waals surface area (Å²) in [6.45, 7) is 8.81. The van der Waals surface area contributed by atoms with E-state index in [-0.39, 0.29) is 12.8 Å². The maximum Gasteiger partial charge on any atom is 0.340 e. The van der Waals surface area contributed by atoms with Crippen LogP contribution in [0, 0.1) is 6.92 Å². The lowest BCUT2D eigenvalue weighted by Crippen LogP contribution is -2.29. The van der Waals surface area contributed by atoms with Gasteiger partial charge in [-0.3, -0.25) is 0 Å². The molecule has 2 nitrogen and oxygen atoms in total. The number of ether oxygens (including phenoxy) is 1. The van der Waals surface area contributed by atoms with Crippen LogP contribution in [-0.4, -0.2) is 11.8 Å². The molecule has 0 atom stereocenters. The Morgan fingerprint density at radius 3 is 2.22 bits per heavy atom. The fourth-order valence-corrected chi connectivity index (χ4v) is 1.51. The number of halogens is 1. The fraction of sp³-hybridized carbons (Fsp3) is 0.267. The number of aryl methyl sites for hydroxylation is 1. The molecule has 0 radical (unpaired) electrons. The number of alkyl halides is 1. The first kappa shape index (κ1) is 14.2. The minimum atomic E-state index is -2.06. The van der Waals surface area contributed by atoms with E-state index in [1.807, 2.05) is 6.92 Å². The van der Waals surface area contributed by atoms with Crippen LogP contribution >= 0.6 is 0 Å². The minimum Gasteiger partial charge on any atom is -0.424 e. The van der Waals surface area contributed by atoms with Gasteiger partial charge in [-0.1, -0.05) is 29.8 Å². The van der Waals surface area contributed by atoms with E-state index < -0.39 is 11.8 Å². The average molecular weight is 248 g/mol. The van der Waals surface area contributed by atoms with E-state index in [0.29, 0.717) is 5.56 Å². The number of benzene rings is 1. The summed E-state index contributed by atoms with van der Waals surface area (Å²) in [7, 11) is 0. The highest BCUT2D eigenvalue weighted by atomic mass is 19.2. The largest absolute Gasteiger partial charge is 0.424 e. The molecule has 0 spiro atoms. The molecule has 0 unspecified atom stereocenters. The Morgan fingerprint density at radius 1 is 1.28 bits per heavy atom. The van der Waals surface area contributed by atoms with E-state index >= 15 is 0 Å². The predicted molar refractivity (Wildman–Crippen MR) is 70.1 cm³/mol. The van der Waals surface area contributed by atoms with Crippen molar-refractivity contribution in [3.8, 4) is 0 Å². The molecule has 0 fully saturated rings. The van der Waals surface area contributed by atoms with Gasteiger partial charge in [-0.25, -0.2) is 4.79 Å². The number of esters is 1. The van der Waals surface area contributed by atoms with Gasteiger partial charge in [0.2, 0.25) is 0 Å². The second kappa shape index (κ2) is 6.15. The van der Waals surface area contributed by atoms with Crippen molar-refractivity contribution in [1.29, 1.82) is 0 Å². The quantitative estimate of drug-likeness (QED) is 0.562. The molecule has 0 aliphatic heterocycles. The number of hydrogen-bond donors (Lipinski definition) is 0. The lowest BCUT2D eigenvalue weighted by atomic mass is 10.1. The number of carbonyl (C=O) groups excluding carboxylic acids is 1. The molecule has 96 valence electrons. The van der Waals surface area contributed by atoms with Crippen LogP contribution in [0.3, 0.4) is 0 Å². The summed E-state index contributed by atoms with van der Waals surface area (Å²) in [5.41, 5.74) is 1.35. The van der Waals surface area contributed by atoms with Gasteiger partial charge in [0.1, 0.15) is 0 Å². The van der Waals surface area contributed by atoms with Gasteiger partial charge in [0, 0.05) is 12.8 Å². The molecule has 0 N–H and O–H groups in total. The zero-order chi connectivity index (χ0) is 13.6. The van der Waals surface area contributed by atoms with Crippen molar-refractivity contribution in [2.24, 2.45) is 0 Å². The summed E-state index contributed by atoms with van der Waals surface area (Å²) in [6, 6.07) is 6.77. The van der Waals surface area contributed by atoms with Crippen molar-refractivity contribution in [3.05, 3.63) is 60.7 Å². The Kier molecular flexibility index (Phi) is 4.84. The van der Waals surface area contributed by atoms with E-state index in [2.05, 4.69) is 13.2 Å². The second-order valence-corrected chi connectivity index (χ2v) is 4.12. The van der Waals surface area contributed by atoms with Crippen LogP contribution in [0.4, 0.5) is 4.39 Å². The third-order valence-corrected chi connectivity index (χ3v) is 2.46. The Morgan fingerprint density at radius 2 is 1.78 bits per heavy atom. The number of hydrogen-bond acceptors (Lipinski definition) is 2. The molecular formula is C15H17FO2. The highest BCUT2D eigenvalue weighted by Crippen LogP contribution is 2.25. The summed E-state index contributed by atoms with van der Waals surface area (Å²) >= 11 is 0. The van der Waals surface area contributed by atoms with Crippen LogP contribution in [0.2, 0.25) is 0 Å². The third kappa shape index (κ3) is 3.84.